The van der Waals surface area contributed by atoms with Crippen LogP contribution < -0.4 is 0 Å². The van der Waals surface area contributed by atoms with Crippen molar-refractivity contribution in [1.82, 2.24) is 0 Å². The Bertz CT molecular complexity index is 1090. The van der Waals surface area contributed by atoms with Crippen LogP contribution >= 0.6 is 0 Å². The maximum atomic E-state index is 10.9. The highest BCUT2D eigenvalue weighted by Crippen LogP contribution is 2.40. The molecule has 0 aliphatic carbocycles. The largest absolute Gasteiger partial charge is 0.390 e. The lowest BCUT2D eigenvalue weighted by atomic mass is 9.82. The number of aliphatic hydroxyl groups is 1. The van der Waals surface area contributed by atoms with Gasteiger partial charge in [-0.3, -0.25) is 0 Å². The Balaban J connectivity index is 1.27. The average Bonchev–Trinajstić information content (AvgIpc) is 2.96. The molecule has 3 fully saturated rings. The zero-order chi connectivity index (χ0) is 28.0. The number of fused-ring (bicyclic) bond motifs is 2. The number of aliphatic hydroxyl groups excluding tert-OH is 1. The topological polar surface area (TPSA) is 66.4 Å². The summed E-state index contributed by atoms with van der Waals surface area (Å²) in [5.74, 6) is 0.383. The molecule has 0 saturated carbocycles. The Hall–Kier alpha value is -2.32. The van der Waals surface area contributed by atoms with E-state index >= 15 is 0 Å². The summed E-state index contributed by atoms with van der Waals surface area (Å²) in [6.45, 7) is 9.65. The SMILES string of the molecule is C=C[C@]1(C)O[C@@H]2C[C@H](C)C[C@@H]3O[C@H](/C=C/COCc4ccccc4)[C@H](OCc4ccccc4)C[C@H]3O[C@H]2C[C@H]1O. The van der Waals surface area contributed by atoms with Crippen LogP contribution in [0.4, 0.5) is 0 Å². The van der Waals surface area contributed by atoms with Gasteiger partial charge in [-0.25, -0.2) is 0 Å². The van der Waals surface area contributed by atoms with Gasteiger partial charge in [0.25, 0.3) is 0 Å². The Kier molecular flexibility index (Phi) is 9.89. The first-order valence-corrected chi connectivity index (χ1v) is 14.7. The zero-order valence-electron chi connectivity index (χ0n) is 23.8. The lowest BCUT2D eigenvalue weighted by Gasteiger charge is -2.50. The van der Waals surface area contributed by atoms with Crippen molar-refractivity contribution in [3.05, 3.63) is 96.6 Å². The highest BCUT2D eigenvalue weighted by atomic mass is 16.6. The number of benzene rings is 2. The molecule has 0 amide bonds. The molecule has 3 aliphatic rings. The second kappa shape index (κ2) is 13.6. The summed E-state index contributed by atoms with van der Waals surface area (Å²) in [7, 11) is 0. The first kappa shape index (κ1) is 29.2. The molecule has 3 saturated heterocycles. The van der Waals surface area contributed by atoms with E-state index in [2.05, 4.69) is 43.8 Å². The molecular weight excluding hydrogens is 504 g/mol. The molecular formula is C34H44O6. The van der Waals surface area contributed by atoms with Crippen LogP contribution in [-0.2, 0) is 36.9 Å². The molecule has 9 atom stereocenters. The Labute approximate surface area is 238 Å². The first-order valence-electron chi connectivity index (χ1n) is 14.7. The molecule has 216 valence electrons. The maximum absolute atomic E-state index is 10.9. The molecule has 40 heavy (non-hydrogen) atoms. The molecule has 3 heterocycles. The molecule has 1 N–H and O–H groups in total. The van der Waals surface area contributed by atoms with E-state index in [1.807, 2.05) is 49.4 Å². The van der Waals surface area contributed by atoms with Crippen molar-refractivity contribution < 1.29 is 28.8 Å². The van der Waals surface area contributed by atoms with E-state index in [9.17, 15) is 5.11 Å². The summed E-state index contributed by atoms with van der Waals surface area (Å²) in [6.07, 6.45) is 7.28. The van der Waals surface area contributed by atoms with E-state index in [-0.39, 0.29) is 36.6 Å². The number of hydrogen-bond donors (Lipinski definition) is 1. The maximum Gasteiger partial charge on any atom is 0.110 e. The van der Waals surface area contributed by atoms with Crippen LogP contribution in [0.25, 0.3) is 0 Å². The second-order valence-corrected chi connectivity index (χ2v) is 11.7. The van der Waals surface area contributed by atoms with Crippen molar-refractivity contribution in [3.63, 3.8) is 0 Å². The molecule has 6 heteroatoms. The van der Waals surface area contributed by atoms with Crippen LogP contribution in [0, 0.1) is 5.92 Å². The van der Waals surface area contributed by atoms with E-state index in [0.29, 0.717) is 38.6 Å². The van der Waals surface area contributed by atoms with Gasteiger partial charge in [-0.05, 0) is 36.8 Å². The molecule has 0 bridgehead atoms. The van der Waals surface area contributed by atoms with Gasteiger partial charge in [0.05, 0.1) is 56.4 Å². The van der Waals surface area contributed by atoms with E-state index in [0.717, 1.165) is 24.0 Å². The minimum absolute atomic E-state index is 0.0581. The number of ether oxygens (including phenoxy) is 5. The minimum Gasteiger partial charge on any atom is -0.390 e. The lowest BCUT2D eigenvalue weighted by Crippen LogP contribution is -2.58. The van der Waals surface area contributed by atoms with Crippen LogP contribution in [0.15, 0.2) is 85.5 Å². The van der Waals surface area contributed by atoms with Gasteiger partial charge in [0.15, 0.2) is 0 Å². The van der Waals surface area contributed by atoms with Gasteiger partial charge < -0.3 is 28.8 Å². The van der Waals surface area contributed by atoms with Crippen LogP contribution in [0.3, 0.4) is 0 Å². The molecule has 0 spiro atoms. The highest BCUT2D eigenvalue weighted by molar-refractivity contribution is 5.14. The standard InChI is InChI=1S/C34H44O6/c1-4-34(3)33(35)21-31-32(40-34)19-24(2)18-29-30(39-31)20-28(37-23-26-14-9-6-10-15-26)27(38-29)16-11-17-36-22-25-12-7-5-8-13-25/h4-16,24,27-33,35H,1,17-23H2,2-3H3/b16-11+/t24-,27-,28-,29+,30-,31+,32-,33-,34+/m1/s1. The van der Waals surface area contributed by atoms with Crippen molar-refractivity contribution in [2.24, 2.45) is 5.92 Å². The van der Waals surface area contributed by atoms with E-state index in [1.165, 1.54) is 0 Å². The van der Waals surface area contributed by atoms with Gasteiger partial charge in [-0.1, -0.05) is 85.8 Å². The highest BCUT2D eigenvalue weighted by Gasteiger charge is 2.49. The predicted octanol–water partition coefficient (Wildman–Crippen LogP) is 5.78. The molecule has 3 aliphatic heterocycles. The predicted molar refractivity (Wildman–Crippen MR) is 155 cm³/mol. The summed E-state index contributed by atoms with van der Waals surface area (Å²) in [6, 6.07) is 20.4. The fourth-order valence-corrected chi connectivity index (χ4v) is 6.09. The average molecular weight is 549 g/mol. The summed E-state index contributed by atoms with van der Waals surface area (Å²) >= 11 is 0. The van der Waals surface area contributed by atoms with E-state index in [4.69, 9.17) is 23.7 Å². The van der Waals surface area contributed by atoms with Gasteiger partial charge in [-0.2, -0.15) is 0 Å². The third kappa shape index (κ3) is 7.30. The molecule has 0 radical (unpaired) electrons. The molecule has 6 nitrogen and oxygen atoms in total. The van der Waals surface area contributed by atoms with Crippen molar-refractivity contribution >= 4 is 0 Å². The Morgan fingerprint density at radius 2 is 1.50 bits per heavy atom. The third-order valence-corrected chi connectivity index (χ3v) is 8.50. The van der Waals surface area contributed by atoms with Crippen molar-refractivity contribution in [2.75, 3.05) is 6.61 Å². The summed E-state index contributed by atoms with van der Waals surface area (Å²) < 4.78 is 32.2. The Morgan fingerprint density at radius 3 is 2.20 bits per heavy atom. The van der Waals surface area contributed by atoms with Crippen LogP contribution in [0.1, 0.15) is 50.7 Å². The minimum atomic E-state index is -0.758. The van der Waals surface area contributed by atoms with E-state index < -0.39 is 11.7 Å². The molecule has 2 aromatic carbocycles. The Morgan fingerprint density at radius 1 is 0.875 bits per heavy atom. The molecule has 0 unspecified atom stereocenters. The third-order valence-electron chi connectivity index (χ3n) is 8.50. The summed E-state index contributed by atoms with van der Waals surface area (Å²) in [5, 5.41) is 10.9. The molecule has 0 aromatic heterocycles. The monoisotopic (exact) mass is 548 g/mol. The second-order valence-electron chi connectivity index (χ2n) is 11.7. The normalized spacial score (nSPS) is 36.3. The van der Waals surface area contributed by atoms with E-state index in [1.54, 1.807) is 6.08 Å². The van der Waals surface area contributed by atoms with Crippen molar-refractivity contribution in [1.29, 1.82) is 0 Å². The van der Waals surface area contributed by atoms with Gasteiger partial charge in [-0.15, -0.1) is 6.58 Å². The molecule has 5 rings (SSSR count). The number of hydrogen-bond acceptors (Lipinski definition) is 6. The van der Waals surface area contributed by atoms with Crippen molar-refractivity contribution in [2.45, 2.75) is 101 Å². The molecule has 2 aromatic rings. The summed E-state index contributed by atoms with van der Waals surface area (Å²) in [5.41, 5.74) is 1.52. The van der Waals surface area contributed by atoms with Crippen LogP contribution in [0.2, 0.25) is 0 Å². The summed E-state index contributed by atoms with van der Waals surface area (Å²) in [4.78, 5) is 0. The van der Waals surface area contributed by atoms with Gasteiger partial charge in [0.1, 0.15) is 11.7 Å². The van der Waals surface area contributed by atoms with Gasteiger partial charge >= 0.3 is 0 Å². The van der Waals surface area contributed by atoms with Crippen molar-refractivity contribution in [3.8, 4) is 0 Å². The van der Waals surface area contributed by atoms with Crippen LogP contribution in [0.5, 0.6) is 0 Å². The number of rotatable bonds is 9. The fraction of sp³-hybridized carbons (Fsp3) is 0.529. The van der Waals surface area contributed by atoms with Gasteiger partial charge in [0, 0.05) is 12.8 Å². The quantitative estimate of drug-likeness (QED) is 0.317. The fourth-order valence-electron chi connectivity index (χ4n) is 6.09. The lowest BCUT2D eigenvalue weighted by molar-refractivity contribution is -0.264. The van der Waals surface area contributed by atoms with Gasteiger partial charge in [0.2, 0.25) is 0 Å². The zero-order valence-corrected chi connectivity index (χ0v) is 23.8. The van der Waals surface area contributed by atoms with Crippen LogP contribution in [-0.4, -0.2) is 60.0 Å². The first-order chi connectivity index (χ1) is 19.4. The smallest absolute Gasteiger partial charge is 0.110 e.